The maximum Gasteiger partial charge on any atom is 0.236 e. The molecule has 1 aliphatic heterocycles. The molecule has 0 atom stereocenters. The van der Waals surface area contributed by atoms with Crippen LogP contribution in [0.25, 0.3) is 12.2 Å². The Bertz CT molecular complexity index is 1140. The molecule has 1 fully saturated rings. The smallest absolute Gasteiger partial charge is 0.236 e. The highest BCUT2D eigenvalue weighted by atomic mass is 32.2. The Labute approximate surface area is 178 Å². The molecule has 9 heteroatoms. The molecule has 3 heterocycles. The number of hydrogen-bond donors (Lipinski definition) is 1. The lowest BCUT2D eigenvalue weighted by Crippen LogP contribution is -2.38. The van der Waals surface area contributed by atoms with E-state index in [1.165, 1.54) is 12.1 Å². The fourth-order valence-electron chi connectivity index (χ4n) is 3.38. The van der Waals surface area contributed by atoms with Crippen molar-refractivity contribution in [2.45, 2.75) is 22.8 Å². The number of primary amides is 1. The Balaban J connectivity index is 1.71. The first-order valence-corrected chi connectivity index (χ1v) is 11.9. The number of nitrogens with two attached hydrogens (primary N) is 1. The third-order valence-corrected chi connectivity index (χ3v) is 7.53. The van der Waals surface area contributed by atoms with Crippen LogP contribution in [0.15, 0.2) is 62.2 Å². The summed E-state index contributed by atoms with van der Waals surface area (Å²) >= 11 is 1.56. The number of benzene rings is 1. The highest BCUT2D eigenvalue weighted by Crippen LogP contribution is 2.34. The van der Waals surface area contributed by atoms with Crippen molar-refractivity contribution in [1.29, 1.82) is 0 Å². The highest BCUT2D eigenvalue weighted by molar-refractivity contribution is 7.91. The van der Waals surface area contributed by atoms with E-state index in [-0.39, 0.29) is 33.5 Å². The Hall–Kier alpha value is -2.91. The molecular formula is C21H21N3O4S2. The number of thiophene rings is 1. The predicted molar refractivity (Wildman–Crippen MR) is 116 cm³/mol. The Morgan fingerprint density at radius 1 is 1.13 bits per heavy atom. The lowest BCUT2D eigenvalue weighted by atomic mass is 9.96. The highest BCUT2D eigenvalue weighted by Gasteiger charge is 2.33. The zero-order valence-corrected chi connectivity index (χ0v) is 17.7. The van der Waals surface area contributed by atoms with Crippen LogP contribution in [0.2, 0.25) is 0 Å². The predicted octanol–water partition coefficient (Wildman–Crippen LogP) is 3.44. The Kier molecular flexibility index (Phi) is 5.74. The molecule has 30 heavy (non-hydrogen) atoms. The second-order valence-electron chi connectivity index (χ2n) is 6.99. The van der Waals surface area contributed by atoms with Gasteiger partial charge in [-0.25, -0.2) is 8.42 Å². The number of nitrogens with zero attached hydrogens (tertiary/aromatic N) is 2. The van der Waals surface area contributed by atoms with Gasteiger partial charge in [-0.3, -0.25) is 4.79 Å². The van der Waals surface area contributed by atoms with E-state index in [1.54, 1.807) is 35.6 Å². The molecule has 7 nitrogen and oxygen atoms in total. The number of sulfone groups is 1. The normalized spacial score (nSPS) is 15.7. The maximum absolute atomic E-state index is 13.3. The number of piperidine rings is 1. The van der Waals surface area contributed by atoms with E-state index in [9.17, 15) is 13.2 Å². The van der Waals surface area contributed by atoms with E-state index in [1.807, 2.05) is 28.5 Å². The van der Waals surface area contributed by atoms with Crippen LogP contribution >= 0.6 is 11.3 Å². The molecule has 3 aromatic rings. The Morgan fingerprint density at radius 2 is 1.87 bits per heavy atom. The number of oxazole rings is 1. The molecule has 1 aliphatic rings. The molecule has 0 radical (unpaired) electrons. The second-order valence-corrected chi connectivity index (χ2v) is 9.84. The number of anilines is 1. The van der Waals surface area contributed by atoms with Gasteiger partial charge in [-0.05, 0) is 42.5 Å². The van der Waals surface area contributed by atoms with Crippen LogP contribution in [-0.4, -0.2) is 32.4 Å². The summed E-state index contributed by atoms with van der Waals surface area (Å²) in [6.07, 6.45) is 4.58. The zero-order valence-electron chi connectivity index (χ0n) is 16.1. The largest absolute Gasteiger partial charge is 0.420 e. The summed E-state index contributed by atoms with van der Waals surface area (Å²) in [7, 11) is -3.87. The van der Waals surface area contributed by atoms with E-state index in [0.717, 1.165) is 4.88 Å². The average Bonchev–Trinajstić information content (AvgIpc) is 3.43. The summed E-state index contributed by atoms with van der Waals surface area (Å²) in [4.78, 5) is 18.8. The molecule has 0 bridgehead atoms. The van der Waals surface area contributed by atoms with Crippen molar-refractivity contribution in [3.63, 3.8) is 0 Å². The van der Waals surface area contributed by atoms with Gasteiger partial charge >= 0.3 is 0 Å². The van der Waals surface area contributed by atoms with Gasteiger partial charge in [0.05, 0.1) is 4.90 Å². The van der Waals surface area contributed by atoms with Crippen molar-refractivity contribution in [3.05, 3.63) is 58.6 Å². The molecule has 1 aromatic carbocycles. The van der Waals surface area contributed by atoms with Crippen molar-refractivity contribution in [1.82, 2.24) is 4.98 Å². The van der Waals surface area contributed by atoms with Crippen LogP contribution in [0.5, 0.6) is 0 Å². The van der Waals surface area contributed by atoms with E-state index in [4.69, 9.17) is 10.2 Å². The molecule has 1 amide bonds. The number of hydrogen-bond acceptors (Lipinski definition) is 7. The zero-order chi connectivity index (χ0) is 21.1. The van der Waals surface area contributed by atoms with Crippen LogP contribution in [0, 0.1) is 5.92 Å². The fraction of sp³-hybridized carbons (Fsp3) is 0.238. The first-order chi connectivity index (χ1) is 14.4. The minimum Gasteiger partial charge on any atom is -0.420 e. The topological polar surface area (TPSA) is 106 Å². The number of amides is 1. The maximum atomic E-state index is 13.3. The van der Waals surface area contributed by atoms with E-state index in [2.05, 4.69) is 4.98 Å². The standard InChI is InChI=1S/C21H21N3O4S2/c22-19(25)15-10-12-24(13-11-15)21-20(30(26,27)17-6-2-1-3-7-17)23-18(28-21)9-8-16-5-4-14-29-16/h1-9,14-15H,10-13H2,(H2,22,25). The molecule has 0 unspecified atom stereocenters. The SMILES string of the molecule is NC(=O)C1CCN(c2oc(C=Cc3cccs3)nc2S(=O)(=O)c2ccccc2)CC1. The van der Waals surface area contributed by atoms with Gasteiger partial charge in [-0.1, -0.05) is 24.3 Å². The molecule has 4 rings (SSSR count). The molecule has 0 aliphatic carbocycles. The third kappa shape index (κ3) is 4.17. The van der Waals surface area contributed by atoms with Gasteiger partial charge in [-0.15, -0.1) is 11.3 Å². The number of aromatic nitrogens is 1. The van der Waals surface area contributed by atoms with Crippen molar-refractivity contribution >= 4 is 45.1 Å². The quantitative estimate of drug-likeness (QED) is 0.625. The van der Waals surface area contributed by atoms with Gasteiger partial charge in [0.1, 0.15) is 0 Å². The first kappa shape index (κ1) is 20.4. The van der Waals surface area contributed by atoms with Crippen LogP contribution in [-0.2, 0) is 14.6 Å². The molecule has 0 saturated carbocycles. The molecule has 0 spiro atoms. The fourth-order valence-corrected chi connectivity index (χ4v) is 5.34. The van der Waals surface area contributed by atoms with Crippen LogP contribution < -0.4 is 10.6 Å². The van der Waals surface area contributed by atoms with Crippen molar-refractivity contribution in [2.75, 3.05) is 18.0 Å². The summed E-state index contributed by atoms with van der Waals surface area (Å²) in [5, 5.41) is 1.84. The summed E-state index contributed by atoms with van der Waals surface area (Å²) in [6.45, 7) is 0.933. The molecule has 1 saturated heterocycles. The van der Waals surface area contributed by atoms with Gasteiger partial charge in [0.2, 0.25) is 32.5 Å². The number of carbonyl (C=O) groups is 1. The lowest BCUT2D eigenvalue weighted by molar-refractivity contribution is -0.122. The summed E-state index contributed by atoms with van der Waals surface area (Å²) < 4.78 is 32.4. The number of rotatable bonds is 6. The van der Waals surface area contributed by atoms with E-state index < -0.39 is 9.84 Å². The van der Waals surface area contributed by atoms with Gasteiger partial charge in [0.25, 0.3) is 0 Å². The first-order valence-electron chi connectivity index (χ1n) is 9.52. The van der Waals surface area contributed by atoms with E-state index >= 15 is 0 Å². The van der Waals surface area contributed by atoms with Gasteiger partial charge in [0.15, 0.2) is 0 Å². The molecule has 156 valence electrons. The van der Waals surface area contributed by atoms with Crippen molar-refractivity contribution < 1.29 is 17.6 Å². The van der Waals surface area contributed by atoms with Crippen molar-refractivity contribution in [3.8, 4) is 0 Å². The van der Waals surface area contributed by atoms with E-state index in [0.29, 0.717) is 25.9 Å². The van der Waals surface area contributed by atoms with Gasteiger partial charge in [-0.2, -0.15) is 4.98 Å². The summed E-state index contributed by atoms with van der Waals surface area (Å²) in [6, 6.07) is 12.0. The third-order valence-electron chi connectivity index (χ3n) is 5.02. The monoisotopic (exact) mass is 443 g/mol. The summed E-state index contributed by atoms with van der Waals surface area (Å²) in [5.41, 5.74) is 5.42. The van der Waals surface area contributed by atoms with Crippen LogP contribution in [0.1, 0.15) is 23.6 Å². The Morgan fingerprint density at radius 3 is 2.50 bits per heavy atom. The van der Waals surface area contributed by atoms with Gasteiger partial charge in [0, 0.05) is 30.0 Å². The molecular weight excluding hydrogens is 422 g/mol. The average molecular weight is 444 g/mol. The molecule has 2 aromatic heterocycles. The molecule has 2 N–H and O–H groups in total. The number of carbonyl (C=O) groups excluding carboxylic acids is 1. The van der Waals surface area contributed by atoms with Crippen LogP contribution in [0.4, 0.5) is 5.88 Å². The second kappa shape index (κ2) is 8.45. The minimum absolute atomic E-state index is 0.114. The summed E-state index contributed by atoms with van der Waals surface area (Å²) in [5.74, 6) is -0.127. The van der Waals surface area contributed by atoms with Crippen LogP contribution in [0.3, 0.4) is 0 Å². The van der Waals surface area contributed by atoms with Gasteiger partial charge < -0.3 is 15.1 Å². The minimum atomic E-state index is -3.87. The lowest BCUT2D eigenvalue weighted by Gasteiger charge is -2.30. The van der Waals surface area contributed by atoms with Crippen molar-refractivity contribution in [2.24, 2.45) is 11.7 Å².